The standard InChI is InChI=1S/C26H46O3/c1-5-7-9-11-12-13-14-15-17-19-21-24(20-18-16-10-8-6-2)25(27)22-29-26(28)23(3)4/h7,9,12-13,23-24H,5-6,8,10-11,14-22H2,1-4H3. The molecule has 0 bridgehead atoms. The van der Waals surface area contributed by atoms with Crippen LogP contribution in [0.1, 0.15) is 111 Å². The van der Waals surface area contributed by atoms with Gasteiger partial charge in [-0.2, -0.15) is 0 Å². The Hall–Kier alpha value is -1.38. The second-order valence-electron chi connectivity index (χ2n) is 8.35. The topological polar surface area (TPSA) is 43.4 Å². The van der Waals surface area contributed by atoms with Crippen molar-refractivity contribution in [3.63, 3.8) is 0 Å². The molecule has 0 amide bonds. The summed E-state index contributed by atoms with van der Waals surface area (Å²) in [4.78, 5) is 24.2. The Bertz CT molecular complexity index is 463. The molecule has 0 aliphatic rings. The van der Waals surface area contributed by atoms with E-state index in [1.54, 1.807) is 13.8 Å². The molecule has 0 N–H and O–H groups in total. The molecular formula is C26H46O3. The smallest absolute Gasteiger partial charge is 0.308 e. The molecule has 0 aromatic carbocycles. The van der Waals surface area contributed by atoms with Crippen LogP contribution >= 0.6 is 0 Å². The van der Waals surface area contributed by atoms with E-state index in [4.69, 9.17) is 4.74 Å². The number of allylic oxidation sites excluding steroid dienone is 4. The van der Waals surface area contributed by atoms with Crippen LogP contribution in [0, 0.1) is 11.8 Å². The number of hydrogen-bond donors (Lipinski definition) is 0. The predicted molar refractivity (Wildman–Crippen MR) is 124 cm³/mol. The van der Waals surface area contributed by atoms with Gasteiger partial charge in [-0.1, -0.05) is 96.9 Å². The molecule has 168 valence electrons. The molecule has 1 atom stereocenters. The third-order valence-corrected chi connectivity index (χ3v) is 5.20. The van der Waals surface area contributed by atoms with Crippen molar-refractivity contribution >= 4 is 11.8 Å². The van der Waals surface area contributed by atoms with Gasteiger partial charge >= 0.3 is 5.97 Å². The average Bonchev–Trinajstić information content (AvgIpc) is 2.71. The van der Waals surface area contributed by atoms with E-state index in [0.29, 0.717) is 0 Å². The summed E-state index contributed by atoms with van der Waals surface area (Å²) >= 11 is 0. The molecular weight excluding hydrogens is 360 g/mol. The van der Waals surface area contributed by atoms with Gasteiger partial charge in [-0.25, -0.2) is 0 Å². The second-order valence-corrected chi connectivity index (χ2v) is 8.35. The van der Waals surface area contributed by atoms with Gasteiger partial charge in [0.05, 0.1) is 5.92 Å². The molecule has 29 heavy (non-hydrogen) atoms. The van der Waals surface area contributed by atoms with Crippen LogP contribution in [0.4, 0.5) is 0 Å². The van der Waals surface area contributed by atoms with Crippen LogP contribution in [-0.2, 0) is 14.3 Å². The number of ketones is 1. The summed E-state index contributed by atoms with van der Waals surface area (Å²) in [6, 6.07) is 0. The van der Waals surface area contributed by atoms with Gasteiger partial charge in [-0.3, -0.25) is 9.59 Å². The maximum absolute atomic E-state index is 12.6. The van der Waals surface area contributed by atoms with Gasteiger partial charge in [0.2, 0.25) is 0 Å². The van der Waals surface area contributed by atoms with Crippen LogP contribution in [0.15, 0.2) is 24.3 Å². The number of Topliss-reactive ketones (excluding diaryl/α,β-unsaturated/α-hetero) is 1. The number of carbonyl (C=O) groups is 2. The summed E-state index contributed by atoms with van der Waals surface area (Å²) in [6.45, 7) is 7.91. The van der Waals surface area contributed by atoms with E-state index in [9.17, 15) is 9.59 Å². The maximum atomic E-state index is 12.6. The first-order chi connectivity index (χ1) is 14.0. The van der Waals surface area contributed by atoms with E-state index in [2.05, 4.69) is 38.2 Å². The second kappa shape index (κ2) is 19.9. The zero-order valence-electron chi connectivity index (χ0n) is 19.6. The molecule has 0 aliphatic heterocycles. The Morgan fingerprint density at radius 1 is 0.793 bits per heavy atom. The lowest BCUT2D eigenvalue weighted by molar-refractivity contribution is -0.152. The van der Waals surface area contributed by atoms with E-state index in [1.165, 1.54) is 32.1 Å². The average molecular weight is 407 g/mol. The van der Waals surface area contributed by atoms with Crippen LogP contribution in [0.5, 0.6) is 0 Å². The highest BCUT2D eigenvalue weighted by molar-refractivity contribution is 5.84. The van der Waals surface area contributed by atoms with Crippen molar-refractivity contribution in [3.05, 3.63) is 24.3 Å². The van der Waals surface area contributed by atoms with Crippen molar-refractivity contribution < 1.29 is 14.3 Å². The minimum absolute atomic E-state index is 0.0475. The van der Waals surface area contributed by atoms with Crippen molar-refractivity contribution in [2.24, 2.45) is 11.8 Å². The van der Waals surface area contributed by atoms with E-state index in [-0.39, 0.29) is 30.2 Å². The lowest BCUT2D eigenvalue weighted by Crippen LogP contribution is -2.24. The normalized spacial score (nSPS) is 12.9. The molecule has 0 aliphatic carbocycles. The third-order valence-electron chi connectivity index (χ3n) is 5.20. The van der Waals surface area contributed by atoms with Gasteiger partial charge in [0.25, 0.3) is 0 Å². The van der Waals surface area contributed by atoms with Crippen molar-refractivity contribution in [1.82, 2.24) is 0 Å². The molecule has 0 aromatic rings. The molecule has 3 heteroatoms. The molecule has 0 saturated carbocycles. The highest BCUT2D eigenvalue weighted by Crippen LogP contribution is 2.20. The summed E-state index contributed by atoms with van der Waals surface area (Å²) < 4.78 is 5.19. The first kappa shape index (κ1) is 27.6. The molecule has 0 heterocycles. The highest BCUT2D eigenvalue weighted by Gasteiger charge is 2.20. The van der Waals surface area contributed by atoms with Crippen molar-refractivity contribution in [2.45, 2.75) is 111 Å². The lowest BCUT2D eigenvalue weighted by atomic mass is 9.91. The van der Waals surface area contributed by atoms with Crippen LogP contribution < -0.4 is 0 Å². The summed E-state index contributed by atoms with van der Waals surface area (Å²) in [6.07, 6.45) is 23.5. The molecule has 3 nitrogen and oxygen atoms in total. The zero-order valence-corrected chi connectivity index (χ0v) is 19.6. The Morgan fingerprint density at radius 3 is 2.03 bits per heavy atom. The molecule has 1 unspecified atom stereocenters. The van der Waals surface area contributed by atoms with E-state index in [1.807, 2.05) is 0 Å². The Kier molecular flexibility index (Phi) is 19.0. The van der Waals surface area contributed by atoms with Crippen molar-refractivity contribution in [3.8, 4) is 0 Å². The van der Waals surface area contributed by atoms with Crippen LogP contribution in [0.2, 0.25) is 0 Å². The van der Waals surface area contributed by atoms with Crippen molar-refractivity contribution in [1.29, 1.82) is 0 Å². The minimum Gasteiger partial charge on any atom is -0.457 e. The van der Waals surface area contributed by atoms with E-state index in [0.717, 1.165) is 51.4 Å². The SMILES string of the molecule is CCC=CCC=CCCCCCC(CCCCCCC)C(=O)COC(=O)C(C)C. The fourth-order valence-corrected chi connectivity index (χ4v) is 3.27. The van der Waals surface area contributed by atoms with Gasteiger partial charge in [0.1, 0.15) is 6.61 Å². The van der Waals surface area contributed by atoms with Gasteiger partial charge in [-0.15, -0.1) is 0 Å². The molecule has 0 spiro atoms. The Morgan fingerprint density at radius 2 is 1.41 bits per heavy atom. The van der Waals surface area contributed by atoms with E-state index < -0.39 is 0 Å². The molecule has 0 saturated heterocycles. The Labute approximate surface area is 180 Å². The van der Waals surface area contributed by atoms with Gasteiger partial charge in [-0.05, 0) is 38.5 Å². The number of esters is 1. The van der Waals surface area contributed by atoms with E-state index >= 15 is 0 Å². The third kappa shape index (κ3) is 17.2. The summed E-state index contributed by atoms with van der Waals surface area (Å²) in [7, 11) is 0. The maximum Gasteiger partial charge on any atom is 0.308 e. The lowest BCUT2D eigenvalue weighted by Gasteiger charge is -2.16. The van der Waals surface area contributed by atoms with Gasteiger partial charge < -0.3 is 4.74 Å². The fraction of sp³-hybridized carbons (Fsp3) is 0.769. The summed E-state index contributed by atoms with van der Waals surface area (Å²) in [5.74, 6) is -0.301. The van der Waals surface area contributed by atoms with Crippen LogP contribution in [-0.4, -0.2) is 18.4 Å². The molecule has 0 rings (SSSR count). The monoisotopic (exact) mass is 406 g/mol. The first-order valence-electron chi connectivity index (χ1n) is 12.0. The first-order valence-corrected chi connectivity index (χ1v) is 12.0. The number of ether oxygens (including phenoxy) is 1. The quantitative estimate of drug-likeness (QED) is 0.126. The molecule has 0 aromatic heterocycles. The molecule has 0 fully saturated rings. The van der Waals surface area contributed by atoms with Crippen LogP contribution in [0.25, 0.3) is 0 Å². The molecule has 0 radical (unpaired) electrons. The van der Waals surface area contributed by atoms with Crippen LogP contribution in [0.3, 0.4) is 0 Å². The highest BCUT2D eigenvalue weighted by atomic mass is 16.5. The zero-order chi connectivity index (χ0) is 21.7. The largest absolute Gasteiger partial charge is 0.457 e. The number of hydrogen-bond acceptors (Lipinski definition) is 3. The number of rotatable bonds is 19. The Balaban J connectivity index is 4.20. The number of unbranched alkanes of at least 4 members (excludes halogenated alkanes) is 7. The van der Waals surface area contributed by atoms with Gasteiger partial charge in [0, 0.05) is 5.92 Å². The van der Waals surface area contributed by atoms with Gasteiger partial charge in [0.15, 0.2) is 5.78 Å². The minimum atomic E-state index is -0.277. The number of carbonyl (C=O) groups excluding carboxylic acids is 2. The fourth-order valence-electron chi connectivity index (χ4n) is 3.27. The summed E-state index contributed by atoms with van der Waals surface area (Å²) in [5, 5.41) is 0. The summed E-state index contributed by atoms with van der Waals surface area (Å²) in [5.41, 5.74) is 0. The van der Waals surface area contributed by atoms with Crippen molar-refractivity contribution in [2.75, 3.05) is 6.61 Å². The predicted octanol–water partition coefficient (Wildman–Crippen LogP) is 7.59.